The Kier molecular flexibility index (Phi) is 5.29. The largest absolute Gasteiger partial charge is 0.337 e. The summed E-state index contributed by atoms with van der Waals surface area (Å²) in [5.41, 5.74) is -0.897. The van der Waals surface area contributed by atoms with Gasteiger partial charge in [0, 0.05) is 23.3 Å². The molecule has 4 nitrogen and oxygen atoms in total. The van der Waals surface area contributed by atoms with Crippen molar-refractivity contribution in [2.24, 2.45) is 0 Å². The van der Waals surface area contributed by atoms with Gasteiger partial charge in [-0.25, -0.2) is 12.8 Å². The molecule has 21 heavy (non-hydrogen) atoms. The average Bonchev–Trinajstić information content (AvgIpc) is 2.35. The standard InChI is InChI=1S/C13H16Cl2FNO3S/c1-5-13(2,3)17(4)12(18)8-6-11(21(15,19)20)9(14)7-10(8)16/h6-7H,5H2,1-4H3. The molecule has 0 aliphatic heterocycles. The average molecular weight is 356 g/mol. The molecule has 0 spiro atoms. The van der Waals surface area contributed by atoms with Crippen molar-refractivity contribution in [2.75, 3.05) is 7.05 Å². The summed E-state index contributed by atoms with van der Waals surface area (Å²) in [6.07, 6.45) is 0.644. The maximum atomic E-state index is 14.0. The summed E-state index contributed by atoms with van der Waals surface area (Å²) in [5, 5.41) is -0.364. The maximum absolute atomic E-state index is 14.0. The van der Waals surface area contributed by atoms with Gasteiger partial charge in [0.15, 0.2) is 0 Å². The lowest BCUT2D eigenvalue weighted by Crippen LogP contribution is -2.44. The molecule has 0 bridgehead atoms. The van der Waals surface area contributed by atoms with Gasteiger partial charge in [0.1, 0.15) is 10.7 Å². The van der Waals surface area contributed by atoms with Gasteiger partial charge in [-0.3, -0.25) is 4.79 Å². The van der Waals surface area contributed by atoms with Gasteiger partial charge in [-0.05, 0) is 32.4 Å². The summed E-state index contributed by atoms with van der Waals surface area (Å²) in [4.78, 5) is 13.2. The Bertz CT molecular complexity index is 674. The molecule has 0 fully saturated rings. The number of halogens is 3. The summed E-state index contributed by atoms with van der Waals surface area (Å²) in [6.45, 7) is 5.52. The van der Waals surface area contributed by atoms with Crippen LogP contribution >= 0.6 is 22.3 Å². The fourth-order valence-electron chi connectivity index (χ4n) is 1.57. The second-order valence-corrected chi connectivity index (χ2v) is 8.17. The van der Waals surface area contributed by atoms with Crippen LogP contribution in [0.4, 0.5) is 4.39 Å². The van der Waals surface area contributed by atoms with Crippen molar-refractivity contribution < 1.29 is 17.6 Å². The van der Waals surface area contributed by atoms with Gasteiger partial charge in [-0.15, -0.1) is 0 Å². The lowest BCUT2D eigenvalue weighted by molar-refractivity contribution is 0.0615. The second-order valence-electron chi connectivity index (χ2n) is 5.23. The van der Waals surface area contributed by atoms with Crippen molar-refractivity contribution in [2.45, 2.75) is 37.6 Å². The van der Waals surface area contributed by atoms with E-state index < -0.39 is 31.2 Å². The molecular formula is C13H16Cl2FNO3S. The minimum absolute atomic E-state index is 0.364. The molecule has 0 saturated heterocycles. The molecule has 0 N–H and O–H groups in total. The molecule has 0 saturated carbocycles. The van der Waals surface area contributed by atoms with E-state index in [2.05, 4.69) is 0 Å². The van der Waals surface area contributed by atoms with Crippen molar-refractivity contribution in [3.63, 3.8) is 0 Å². The zero-order valence-electron chi connectivity index (χ0n) is 12.1. The molecule has 0 heterocycles. The molecule has 0 unspecified atom stereocenters. The molecule has 1 aromatic carbocycles. The molecule has 0 aromatic heterocycles. The highest BCUT2D eigenvalue weighted by molar-refractivity contribution is 8.13. The highest BCUT2D eigenvalue weighted by atomic mass is 35.7. The fourth-order valence-corrected chi connectivity index (χ4v) is 3.08. The Labute approximate surface area is 133 Å². The van der Waals surface area contributed by atoms with E-state index in [9.17, 15) is 17.6 Å². The normalized spacial score (nSPS) is 12.3. The Balaban J connectivity index is 3.41. The number of carbonyl (C=O) groups is 1. The first kappa shape index (κ1) is 18.2. The van der Waals surface area contributed by atoms with E-state index in [0.29, 0.717) is 6.42 Å². The lowest BCUT2D eigenvalue weighted by atomic mass is 9.99. The molecule has 0 atom stereocenters. The quantitative estimate of drug-likeness (QED) is 0.774. The fraction of sp³-hybridized carbons (Fsp3) is 0.462. The minimum Gasteiger partial charge on any atom is -0.337 e. The summed E-state index contributed by atoms with van der Waals surface area (Å²) >= 11 is 5.66. The first-order valence-electron chi connectivity index (χ1n) is 6.13. The van der Waals surface area contributed by atoms with Crippen molar-refractivity contribution in [1.29, 1.82) is 0 Å². The van der Waals surface area contributed by atoms with Crippen LogP contribution in [0.1, 0.15) is 37.6 Å². The number of hydrogen-bond acceptors (Lipinski definition) is 3. The predicted molar refractivity (Wildman–Crippen MR) is 80.9 cm³/mol. The molecule has 0 radical (unpaired) electrons. The SMILES string of the molecule is CCC(C)(C)N(C)C(=O)c1cc(S(=O)(=O)Cl)c(Cl)cc1F. The van der Waals surface area contributed by atoms with Gasteiger partial charge in [0.2, 0.25) is 0 Å². The number of carbonyl (C=O) groups excluding carboxylic acids is 1. The van der Waals surface area contributed by atoms with Crippen molar-refractivity contribution in [3.8, 4) is 0 Å². The first-order valence-corrected chi connectivity index (χ1v) is 8.82. The van der Waals surface area contributed by atoms with Crippen LogP contribution in [-0.2, 0) is 9.05 Å². The van der Waals surface area contributed by atoms with E-state index in [4.69, 9.17) is 22.3 Å². The molecule has 1 aromatic rings. The van der Waals surface area contributed by atoms with E-state index in [1.54, 1.807) is 0 Å². The number of nitrogens with zero attached hydrogens (tertiary/aromatic N) is 1. The van der Waals surface area contributed by atoms with E-state index in [0.717, 1.165) is 12.1 Å². The third kappa shape index (κ3) is 3.87. The maximum Gasteiger partial charge on any atom is 0.262 e. The minimum atomic E-state index is -4.17. The van der Waals surface area contributed by atoms with Gasteiger partial charge in [0.05, 0.1) is 10.6 Å². The summed E-state index contributed by atoms with van der Waals surface area (Å²) in [7, 11) is 2.58. The Morgan fingerprint density at radius 2 is 1.90 bits per heavy atom. The smallest absolute Gasteiger partial charge is 0.262 e. The number of benzene rings is 1. The molecular weight excluding hydrogens is 340 g/mol. The lowest BCUT2D eigenvalue weighted by Gasteiger charge is -2.35. The second kappa shape index (κ2) is 6.10. The Morgan fingerprint density at radius 3 is 2.33 bits per heavy atom. The molecule has 0 aliphatic rings. The van der Waals surface area contributed by atoms with E-state index >= 15 is 0 Å². The Morgan fingerprint density at radius 1 is 1.38 bits per heavy atom. The molecule has 8 heteroatoms. The summed E-state index contributed by atoms with van der Waals surface area (Å²) in [6, 6.07) is 1.64. The van der Waals surface area contributed by atoms with E-state index in [-0.39, 0.29) is 10.6 Å². The van der Waals surface area contributed by atoms with Gasteiger partial charge >= 0.3 is 0 Å². The van der Waals surface area contributed by atoms with Crippen molar-refractivity contribution in [3.05, 3.63) is 28.5 Å². The molecule has 118 valence electrons. The number of rotatable bonds is 4. The summed E-state index contributed by atoms with van der Waals surface area (Å²) in [5.74, 6) is -1.54. The van der Waals surface area contributed by atoms with Crippen molar-refractivity contribution >= 4 is 37.2 Å². The monoisotopic (exact) mass is 355 g/mol. The third-order valence-electron chi connectivity index (χ3n) is 3.59. The van der Waals surface area contributed by atoms with Gasteiger partial charge < -0.3 is 4.90 Å². The van der Waals surface area contributed by atoms with Gasteiger partial charge in [-0.2, -0.15) is 0 Å². The Hall–Kier alpha value is -0.850. The molecule has 1 amide bonds. The van der Waals surface area contributed by atoms with Crippen LogP contribution in [0.3, 0.4) is 0 Å². The number of amides is 1. The zero-order chi connectivity index (χ0) is 16.6. The van der Waals surface area contributed by atoms with E-state index in [1.807, 2.05) is 20.8 Å². The van der Waals surface area contributed by atoms with Crippen molar-refractivity contribution in [1.82, 2.24) is 4.90 Å². The zero-order valence-corrected chi connectivity index (χ0v) is 14.4. The van der Waals surface area contributed by atoms with Crippen LogP contribution in [0.25, 0.3) is 0 Å². The van der Waals surface area contributed by atoms with Gasteiger partial charge in [0.25, 0.3) is 15.0 Å². The topological polar surface area (TPSA) is 54.5 Å². The van der Waals surface area contributed by atoms with Crippen LogP contribution in [-0.4, -0.2) is 31.8 Å². The van der Waals surface area contributed by atoms with E-state index in [1.165, 1.54) is 11.9 Å². The van der Waals surface area contributed by atoms with Crippen LogP contribution < -0.4 is 0 Å². The number of hydrogen-bond donors (Lipinski definition) is 0. The van der Waals surface area contributed by atoms with Crippen LogP contribution in [0.2, 0.25) is 5.02 Å². The first-order chi connectivity index (χ1) is 9.41. The molecule has 1 rings (SSSR count). The summed E-state index contributed by atoms with van der Waals surface area (Å²) < 4.78 is 36.7. The predicted octanol–water partition coefficient (Wildman–Crippen LogP) is 3.67. The van der Waals surface area contributed by atoms with Crippen LogP contribution in [0, 0.1) is 5.82 Å². The van der Waals surface area contributed by atoms with Gasteiger partial charge in [-0.1, -0.05) is 18.5 Å². The highest BCUT2D eigenvalue weighted by Gasteiger charge is 2.30. The molecule has 0 aliphatic carbocycles. The highest BCUT2D eigenvalue weighted by Crippen LogP contribution is 2.29. The third-order valence-corrected chi connectivity index (χ3v) is 5.38. The van der Waals surface area contributed by atoms with Crippen LogP contribution in [0.15, 0.2) is 17.0 Å². The van der Waals surface area contributed by atoms with Crippen LogP contribution in [0.5, 0.6) is 0 Å².